The summed E-state index contributed by atoms with van der Waals surface area (Å²) in [5, 5.41) is 3.69. The molecule has 1 aromatic rings. The van der Waals surface area contributed by atoms with Crippen molar-refractivity contribution in [2.24, 2.45) is 0 Å². The maximum absolute atomic E-state index is 13.7. The third kappa shape index (κ3) is 4.27. The first-order valence-corrected chi connectivity index (χ1v) is 8.41. The minimum absolute atomic E-state index is 0.0361. The van der Waals surface area contributed by atoms with Crippen LogP contribution in [0.4, 0.5) is 4.39 Å². The Labute approximate surface area is 128 Å². The monoisotopic (exact) mass is 292 g/mol. The van der Waals surface area contributed by atoms with E-state index in [0.29, 0.717) is 12.1 Å². The second-order valence-electron chi connectivity index (χ2n) is 6.14. The summed E-state index contributed by atoms with van der Waals surface area (Å²) in [6.45, 7) is 10.1. The molecule has 2 rings (SSSR count). The minimum atomic E-state index is -0.0361. The summed E-state index contributed by atoms with van der Waals surface area (Å²) in [6.07, 6.45) is 4.29. The summed E-state index contributed by atoms with van der Waals surface area (Å²) in [5.41, 5.74) is 2.09. The highest BCUT2D eigenvalue weighted by molar-refractivity contribution is 5.35. The van der Waals surface area contributed by atoms with Crippen molar-refractivity contribution in [1.82, 2.24) is 10.2 Å². The Balaban J connectivity index is 1.80. The van der Waals surface area contributed by atoms with Crippen LogP contribution in [0.15, 0.2) is 18.2 Å². The molecule has 2 nitrogen and oxygen atoms in total. The molecule has 2 atom stereocenters. The van der Waals surface area contributed by atoms with Crippen LogP contribution >= 0.6 is 0 Å². The van der Waals surface area contributed by atoms with Crippen LogP contribution < -0.4 is 5.32 Å². The highest BCUT2D eigenvalue weighted by atomic mass is 19.1. The summed E-state index contributed by atoms with van der Waals surface area (Å²) in [5.74, 6) is -0.0361. The van der Waals surface area contributed by atoms with Gasteiger partial charge in [-0.05, 0) is 69.4 Å². The molecule has 1 aromatic carbocycles. The third-order valence-corrected chi connectivity index (χ3v) is 4.71. The van der Waals surface area contributed by atoms with Crippen molar-refractivity contribution in [1.29, 1.82) is 0 Å². The quantitative estimate of drug-likeness (QED) is 0.781. The van der Waals surface area contributed by atoms with Crippen LogP contribution in [0.2, 0.25) is 0 Å². The predicted molar refractivity (Wildman–Crippen MR) is 87.1 cm³/mol. The van der Waals surface area contributed by atoms with Gasteiger partial charge in [0.15, 0.2) is 0 Å². The first kappa shape index (κ1) is 16.4. The molecule has 0 spiro atoms. The van der Waals surface area contributed by atoms with E-state index in [2.05, 4.69) is 37.1 Å². The second-order valence-corrected chi connectivity index (χ2v) is 6.14. The van der Waals surface area contributed by atoms with Gasteiger partial charge < -0.3 is 10.2 Å². The molecule has 1 aliphatic rings. The van der Waals surface area contributed by atoms with E-state index in [9.17, 15) is 4.39 Å². The van der Waals surface area contributed by atoms with Gasteiger partial charge in [-0.15, -0.1) is 0 Å². The molecule has 2 unspecified atom stereocenters. The van der Waals surface area contributed by atoms with Gasteiger partial charge >= 0.3 is 0 Å². The number of nitrogens with zero attached hydrogens (tertiary/aromatic N) is 1. The van der Waals surface area contributed by atoms with E-state index in [4.69, 9.17) is 0 Å². The molecule has 0 radical (unpaired) electrons. The molecule has 118 valence electrons. The van der Waals surface area contributed by atoms with Gasteiger partial charge in [0.25, 0.3) is 0 Å². The van der Waals surface area contributed by atoms with Crippen LogP contribution in [0.3, 0.4) is 0 Å². The van der Waals surface area contributed by atoms with Crippen LogP contribution in [0.5, 0.6) is 0 Å². The van der Waals surface area contributed by atoms with Crippen LogP contribution in [-0.4, -0.2) is 30.6 Å². The normalized spacial score (nSPS) is 19.0. The Morgan fingerprint density at radius 3 is 2.81 bits per heavy atom. The molecule has 0 amide bonds. The van der Waals surface area contributed by atoms with Gasteiger partial charge in [-0.2, -0.15) is 0 Å². The topological polar surface area (TPSA) is 15.3 Å². The van der Waals surface area contributed by atoms with E-state index < -0.39 is 0 Å². The Hall–Kier alpha value is -0.930. The maximum atomic E-state index is 13.7. The lowest BCUT2D eigenvalue weighted by Gasteiger charge is -2.22. The number of hydrogen-bond acceptors (Lipinski definition) is 2. The maximum Gasteiger partial charge on any atom is 0.126 e. The predicted octanol–water partition coefficient (Wildman–Crippen LogP) is 3.91. The molecule has 3 heteroatoms. The molecule has 0 saturated carbocycles. The molecule has 1 N–H and O–H groups in total. The first-order chi connectivity index (χ1) is 10.2. The lowest BCUT2D eigenvalue weighted by atomic mass is 10.1. The number of fused-ring (bicyclic) bond motifs is 1. The SMILES string of the molecule is CCN(CC)CCCC(C)NC1CCc2c(F)cccc21. The number of hydrogen-bond donors (Lipinski definition) is 1. The molecule has 0 aliphatic heterocycles. The highest BCUT2D eigenvalue weighted by Gasteiger charge is 2.25. The largest absolute Gasteiger partial charge is 0.307 e. The molecule has 0 aromatic heterocycles. The van der Waals surface area contributed by atoms with E-state index in [1.165, 1.54) is 24.9 Å². The average Bonchev–Trinajstić information content (AvgIpc) is 2.88. The van der Waals surface area contributed by atoms with Gasteiger partial charge in [-0.3, -0.25) is 0 Å². The zero-order valence-electron chi connectivity index (χ0n) is 13.7. The van der Waals surface area contributed by atoms with Crippen molar-refractivity contribution in [2.45, 2.75) is 58.5 Å². The Morgan fingerprint density at radius 2 is 2.10 bits per heavy atom. The minimum Gasteiger partial charge on any atom is -0.307 e. The summed E-state index contributed by atoms with van der Waals surface area (Å²) in [6, 6.07) is 6.30. The van der Waals surface area contributed by atoms with Gasteiger partial charge in [-0.25, -0.2) is 4.39 Å². The fraction of sp³-hybridized carbons (Fsp3) is 0.667. The van der Waals surface area contributed by atoms with Gasteiger partial charge in [0, 0.05) is 12.1 Å². The van der Waals surface area contributed by atoms with Crippen molar-refractivity contribution in [3.05, 3.63) is 35.1 Å². The standard InChI is InChI=1S/C18H29FN2/c1-4-21(5-2)13-7-8-14(3)20-18-12-11-15-16(18)9-6-10-17(15)19/h6,9-10,14,18,20H,4-5,7-8,11-13H2,1-3H3. The Morgan fingerprint density at radius 1 is 1.33 bits per heavy atom. The van der Waals surface area contributed by atoms with E-state index in [0.717, 1.165) is 31.5 Å². The third-order valence-electron chi connectivity index (χ3n) is 4.71. The van der Waals surface area contributed by atoms with E-state index in [-0.39, 0.29) is 5.82 Å². The van der Waals surface area contributed by atoms with Gasteiger partial charge in [0.05, 0.1) is 0 Å². The van der Waals surface area contributed by atoms with Gasteiger partial charge in [-0.1, -0.05) is 26.0 Å². The summed E-state index contributed by atoms with van der Waals surface area (Å²) in [7, 11) is 0. The van der Waals surface area contributed by atoms with Crippen LogP contribution in [0.25, 0.3) is 0 Å². The summed E-state index contributed by atoms with van der Waals surface area (Å²) >= 11 is 0. The average molecular weight is 292 g/mol. The molecule has 0 saturated heterocycles. The number of halogens is 1. The molecular weight excluding hydrogens is 263 g/mol. The van der Waals surface area contributed by atoms with Gasteiger partial charge in [0.1, 0.15) is 5.82 Å². The number of nitrogens with one attached hydrogen (secondary N) is 1. The molecule has 0 heterocycles. The summed E-state index contributed by atoms with van der Waals surface area (Å²) < 4.78 is 13.7. The van der Waals surface area contributed by atoms with Crippen molar-refractivity contribution < 1.29 is 4.39 Å². The summed E-state index contributed by atoms with van der Waals surface area (Å²) in [4.78, 5) is 2.47. The Bertz CT molecular complexity index is 443. The molecule has 0 bridgehead atoms. The van der Waals surface area contributed by atoms with Crippen molar-refractivity contribution in [3.63, 3.8) is 0 Å². The lowest BCUT2D eigenvalue weighted by Crippen LogP contribution is -2.31. The Kier molecular flexibility index (Phi) is 6.19. The zero-order chi connectivity index (χ0) is 15.2. The van der Waals surface area contributed by atoms with Crippen LogP contribution in [0.1, 0.15) is 57.2 Å². The lowest BCUT2D eigenvalue weighted by molar-refractivity contribution is 0.288. The van der Waals surface area contributed by atoms with E-state index in [1.807, 2.05) is 6.07 Å². The number of benzene rings is 1. The van der Waals surface area contributed by atoms with Crippen molar-refractivity contribution >= 4 is 0 Å². The highest BCUT2D eigenvalue weighted by Crippen LogP contribution is 2.33. The molecule has 1 aliphatic carbocycles. The fourth-order valence-electron chi connectivity index (χ4n) is 3.37. The molecule has 0 fully saturated rings. The van der Waals surface area contributed by atoms with E-state index in [1.54, 1.807) is 6.07 Å². The van der Waals surface area contributed by atoms with Crippen molar-refractivity contribution in [2.75, 3.05) is 19.6 Å². The van der Waals surface area contributed by atoms with Crippen LogP contribution in [0, 0.1) is 5.82 Å². The zero-order valence-corrected chi connectivity index (χ0v) is 13.7. The smallest absolute Gasteiger partial charge is 0.126 e. The molecule has 21 heavy (non-hydrogen) atoms. The molecular formula is C18H29FN2. The van der Waals surface area contributed by atoms with Crippen LogP contribution in [-0.2, 0) is 6.42 Å². The van der Waals surface area contributed by atoms with Crippen molar-refractivity contribution in [3.8, 4) is 0 Å². The number of rotatable bonds is 8. The van der Waals surface area contributed by atoms with E-state index >= 15 is 0 Å². The van der Waals surface area contributed by atoms with Gasteiger partial charge in [0.2, 0.25) is 0 Å². The fourth-order valence-corrected chi connectivity index (χ4v) is 3.37. The second kappa shape index (κ2) is 7.90. The first-order valence-electron chi connectivity index (χ1n) is 8.41.